The van der Waals surface area contributed by atoms with Crippen molar-refractivity contribution in [3.8, 4) is 0 Å². The fraction of sp³-hybridized carbons (Fsp3) is 0.480. The van der Waals surface area contributed by atoms with Gasteiger partial charge < -0.3 is 14.5 Å². The molecule has 7 nitrogen and oxygen atoms in total. The van der Waals surface area contributed by atoms with Crippen LogP contribution in [0.5, 0.6) is 0 Å². The van der Waals surface area contributed by atoms with Crippen LogP contribution in [-0.2, 0) is 11.3 Å². The lowest BCUT2D eigenvalue weighted by molar-refractivity contribution is 0.0167. The maximum Gasteiger partial charge on any atom is 0.410 e. The number of para-hydroxylation sites is 1. The van der Waals surface area contributed by atoms with Crippen molar-refractivity contribution in [1.82, 2.24) is 9.88 Å². The van der Waals surface area contributed by atoms with Crippen LogP contribution >= 0.6 is 0 Å². The quantitative estimate of drug-likeness (QED) is 0.695. The van der Waals surface area contributed by atoms with Crippen LogP contribution in [0, 0.1) is 0 Å². The van der Waals surface area contributed by atoms with Crippen LogP contribution in [0.3, 0.4) is 0 Å². The van der Waals surface area contributed by atoms with E-state index in [1.807, 2.05) is 64.1 Å². The van der Waals surface area contributed by atoms with Gasteiger partial charge in [0.2, 0.25) is 0 Å². The van der Waals surface area contributed by atoms with Gasteiger partial charge in [0.05, 0.1) is 18.2 Å². The highest BCUT2D eigenvalue weighted by molar-refractivity contribution is 6.09. The van der Waals surface area contributed by atoms with Gasteiger partial charge >= 0.3 is 6.09 Å². The third-order valence-corrected chi connectivity index (χ3v) is 5.90. The van der Waals surface area contributed by atoms with E-state index in [4.69, 9.17) is 4.74 Å². The standard InChI is InChI=1S/C25H32N4O3/c1-18-16-29(23(30)20-11-9-13-26-22(20)27-14-7-8-15-27)21-12-6-5-10-19(21)17-28(18)24(31)32-25(2,3)4/h5-6,9-13,18H,7-8,14-17H2,1-4H3/t18-/m1/s1. The van der Waals surface area contributed by atoms with Gasteiger partial charge in [-0.1, -0.05) is 18.2 Å². The zero-order valence-corrected chi connectivity index (χ0v) is 19.4. The predicted molar refractivity (Wildman–Crippen MR) is 125 cm³/mol. The van der Waals surface area contributed by atoms with Crippen molar-refractivity contribution in [3.05, 3.63) is 53.7 Å². The molecule has 1 aromatic heterocycles. The molecule has 2 aliphatic rings. The van der Waals surface area contributed by atoms with Crippen molar-refractivity contribution in [3.63, 3.8) is 0 Å². The summed E-state index contributed by atoms with van der Waals surface area (Å²) >= 11 is 0. The number of anilines is 2. The Labute approximate surface area is 190 Å². The molecule has 0 spiro atoms. The highest BCUT2D eigenvalue weighted by Gasteiger charge is 2.34. The van der Waals surface area contributed by atoms with Gasteiger partial charge in [0.15, 0.2) is 0 Å². The Kier molecular flexibility index (Phi) is 6.09. The lowest BCUT2D eigenvalue weighted by Gasteiger charge is -2.31. The number of carbonyl (C=O) groups excluding carboxylic acids is 2. The molecule has 0 saturated carbocycles. The summed E-state index contributed by atoms with van der Waals surface area (Å²) in [5.41, 5.74) is 1.76. The second-order valence-electron chi connectivity index (χ2n) is 9.57. The molecule has 1 aromatic carbocycles. The molecule has 0 bridgehead atoms. The molecule has 0 N–H and O–H groups in total. The smallest absolute Gasteiger partial charge is 0.410 e. The second-order valence-corrected chi connectivity index (χ2v) is 9.57. The normalized spacial score (nSPS) is 18.9. The van der Waals surface area contributed by atoms with E-state index in [-0.39, 0.29) is 18.0 Å². The number of pyridine rings is 1. The summed E-state index contributed by atoms with van der Waals surface area (Å²) in [7, 11) is 0. The van der Waals surface area contributed by atoms with E-state index in [1.165, 1.54) is 0 Å². The van der Waals surface area contributed by atoms with Gasteiger partial charge in [0.25, 0.3) is 5.91 Å². The first-order valence-corrected chi connectivity index (χ1v) is 11.3. The summed E-state index contributed by atoms with van der Waals surface area (Å²) in [6, 6.07) is 11.2. The van der Waals surface area contributed by atoms with E-state index >= 15 is 0 Å². The number of nitrogens with zero attached hydrogens (tertiary/aromatic N) is 4. The van der Waals surface area contributed by atoms with Crippen LogP contribution in [0.25, 0.3) is 0 Å². The zero-order chi connectivity index (χ0) is 22.9. The molecule has 1 fully saturated rings. The van der Waals surface area contributed by atoms with E-state index in [1.54, 1.807) is 16.0 Å². The number of rotatable bonds is 2. The van der Waals surface area contributed by atoms with Gasteiger partial charge in [-0.25, -0.2) is 9.78 Å². The first-order valence-electron chi connectivity index (χ1n) is 11.3. The molecular weight excluding hydrogens is 404 g/mol. The van der Waals surface area contributed by atoms with E-state index in [0.29, 0.717) is 18.7 Å². The Morgan fingerprint density at radius 2 is 1.78 bits per heavy atom. The zero-order valence-electron chi connectivity index (χ0n) is 19.4. The van der Waals surface area contributed by atoms with Crippen molar-refractivity contribution in [2.24, 2.45) is 0 Å². The molecule has 32 heavy (non-hydrogen) atoms. The first kappa shape index (κ1) is 22.1. The van der Waals surface area contributed by atoms with Gasteiger partial charge in [0.1, 0.15) is 11.4 Å². The van der Waals surface area contributed by atoms with Crippen LogP contribution in [0.15, 0.2) is 42.6 Å². The molecule has 4 rings (SSSR count). The average molecular weight is 437 g/mol. The molecule has 2 aliphatic heterocycles. The lowest BCUT2D eigenvalue weighted by atomic mass is 10.1. The number of hydrogen-bond donors (Lipinski definition) is 0. The molecule has 0 aliphatic carbocycles. The lowest BCUT2D eigenvalue weighted by Crippen LogP contribution is -2.46. The fourth-order valence-electron chi connectivity index (χ4n) is 4.36. The van der Waals surface area contributed by atoms with Crippen LogP contribution in [0.4, 0.5) is 16.3 Å². The third-order valence-electron chi connectivity index (χ3n) is 5.90. The number of ether oxygens (including phenoxy) is 1. The van der Waals surface area contributed by atoms with Crippen molar-refractivity contribution in [1.29, 1.82) is 0 Å². The second kappa shape index (κ2) is 8.81. The van der Waals surface area contributed by atoms with Crippen LogP contribution in [0.2, 0.25) is 0 Å². The summed E-state index contributed by atoms with van der Waals surface area (Å²) in [5, 5.41) is 0. The molecular formula is C25H32N4O3. The van der Waals surface area contributed by atoms with Gasteiger partial charge in [-0.3, -0.25) is 9.69 Å². The summed E-state index contributed by atoms with van der Waals surface area (Å²) in [6.45, 7) is 10.1. The molecule has 0 unspecified atom stereocenters. The first-order chi connectivity index (χ1) is 15.2. The molecule has 1 atom stereocenters. The van der Waals surface area contributed by atoms with Crippen LogP contribution < -0.4 is 9.80 Å². The minimum Gasteiger partial charge on any atom is -0.444 e. The maximum atomic E-state index is 13.9. The largest absolute Gasteiger partial charge is 0.444 e. The van der Waals surface area contributed by atoms with Gasteiger partial charge in [-0.05, 0) is 64.3 Å². The molecule has 0 radical (unpaired) electrons. The molecule has 7 heteroatoms. The Balaban J connectivity index is 1.69. The topological polar surface area (TPSA) is 66.0 Å². The van der Waals surface area contributed by atoms with Crippen molar-refractivity contribution in [2.45, 2.75) is 58.7 Å². The highest BCUT2D eigenvalue weighted by atomic mass is 16.6. The number of benzene rings is 1. The van der Waals surface area contributed by atoms with Crippen LogP contribution in [-0.4, -0.2) is 53.2 Å². The number of aromatic nitrogens is 1. The summed E-state index contributed by atoms with van der Waals surface area (Å²) in [6.07, 6.45) is 3.60. The predicted octanol–water partition coefficient (Wildman–Crippen LogP) is 4.47. The summed E-state index contributed by atoms with van der Waals surface area (Å²) < 4.78 is 5.65. The van der Waals surface area contributed by atoms with Crippen molar-refractivity contribution < 1.29 is 14.3 Å². The monoisotopic (exact) mass is 436 g/mol. The van der Waals surface area contributed by atoms with Gasteiger partial charge in [0, 0.05) is 31.5 Å². The SMILES string of the molecule is C[C@@H]1CN(C(=O)c2cccnc2N2CCCC2)c2ccccc2CN1C(=O)OC(C)(C)C. The Morgan fingerprint density at radius 1 is 1.06 bits per heavy atom. The molecule has 2 aromatic rings. The Morgan fingerprint density at radius 3 is 2.50 bits per heavy atom. The van der Waals surface area contributed by atoms with Gasteiger partial charge in [-0.15, -0.1) is 0 Å². The summed E-state index contributed by atoms with van der Waals surface area (Å²) in [4.78, 5) is 37.1. The molecule has 2 amide bonds. The maximum absolute atomic E-state index is 13.9. The Bertz CT molecular complexity index is 995. The molecule has 3 heterocycles. The highest BCUT2D eigenvalue weighted by Crippen LogP contribution is 2.31. The van der Waals surface area contributed by atoms with E-state index in [0.717, 1.165) is 43.0 Å². The summed E-state index contributed by atoms with van der Waals surface area (Å²) in [5.74, 6) is 0.652. The fourth-order valence-corrected chi connectivity index (χ4v) is 4.36. The Hall–Kier alpha value is -3.09. The van der Waals surface area contributed by atoms with Crippen molar-refractivity contribution >= 4 is 23.5 Å². The number of fused-ring (bicyclic) bond motifs is 1. The average Bonchev–Trinajstić information content (AvgIpc) is 3.24. The number of hydrogen-bond acceptors (Lipinski definition) is 5. The van der Waals surface area contributed by atoms with E-state index in [2.05, 4.69) is 9.88 Å². The molecule has 170 valence electrons. The third kappa shape index (κ3) is 4.56. The van der Waals surface area contributed by atoms with Gasteiger partial charge in [-0.2, -0.15) is 0 Å². The minimum atomic E-state index is -0.585. The minimum absolute atomic E-state index is 0.0923. The number of carbonyl (C=O) groups is 2. The van der Waals surface area contributed by atoms with E-state index < -0.39 is 5.60 Å². The van der Waals surface area contributed by atoms with Crippen molar-refractivity contribution in [2.75, 3.05) is 29.4 Å². The van der Waals surface area contributed by atoms with Crippen LogP contribution in [0.1, 0.15) is 56.5 Å². The number of amides is 2. The molecule has 1 saturated heterocycles. The van der Waals surface area contributed by atoms with E-state index in [9.17, 15) is 9.59 Å².